The fourth-order valence-corrected chi connectivity index (χ4v) is 2.80. The third-order valence-corrected chi connectivity index (χ3v) is 3.93. The molecule has 3 rings (SSSR count). The SMILES string of the molecule is COc1ccc(-n2nc(C)c3c(Cl)c(C(=O)Cl)cnc32)cc1. The Hall–Kier alpha value is -2.11. The number of rotatable bonds is 3. The maximum atomic E-state index is 11.4. The molecule has 0 saturated heterocycles. The minimum atomic E-state index is -0.643. The van der Waals surface area contributed by atoms with Gasteiger partial charge in [-0.3, -0.25) is 4.79 Å². The summed E-state index contributed by atoms with van der Waals surface area (Å²) in [5.41, 5.74) is 2.22. The van der Waals surface area contributed by atoms with Crippen LogP contribution in [0, 0.1) is 6.92 Å². The highest BCUT2D eigenvalue weighted by Crippen LogP contribution is 2.30. The van der Waals surface area contributed by atoms with E-state index in [0.717, 1.165) is 11.4 Å². The molecular weight excluding hydrogens is 325 g/mol. The average Bonchev–Trinajstić information content (AvgIpc) is 2.85. The van der Waals surface area contributed by atoms with Crippen molar-refractivity contribution in [2.45, 2.75) is 6.92 Å². The summed E-state index contributed by atoms with van der Waals surface area (Å²) in [4.78, 5) is 15.7. The third-order valence-electron chi connectivity index (χ3n) is 3.34. The van der Waals surface area contributed by atoms with Gasteiger partial charge in [0.15, 0.2) is 5.65 Å². The van der Waals surface area contributed by atoms with Crippen LogP contribution in [-0.2, 0) is 0 Å². The Kier molecular flexibility index (Phi) is 3.76. The van der Waals surface area contributed by atoms with E-state index in [-0.39, 0.29) is 10.6 Å². The number of aryl methyl sites for hydroxylation is 1. The van der Waals surface area contributed by atoms with Crippen molar-refractivity contribution in [1.82, 2.24) is 14.8 Å². The molecule has 7 heteroatoms. The lowest BCUT2D eigenvalue weighted by molar-refractivity contribution is 0.108. The zero-order valence-electron chi connectivity index (χ0n) is 11.8. The van der Waals surface area contributed by atoms with Crippen molar-refractivity contribution in [2.75, 3.05) is 7.11 Å². The number of carbonyl (C=O) groups excluding carboxylic acids is 1. The van der Waals surface area contributed by atoms with Crippen molar-refractivity contribution in [2.24, 2.45) is 0 Å². The molecule has 0 saturated carbocycles. The van der Waals surface area contributed by atoms with Gasteiger partial charge >= 0.3 is 0 Å². The summed E-state index contributed by atoms with van der Waals surface area (Å²) in [6, 6.07) is 7.38. The van der Waals surface area contributed by atoms with Gasteiger partial charge in [0.1, 0.15) is 5.75 Å². The average molecular weight is 336 g/mol. The van der Waals surface area contributed by atoms with Gasteiger partial charge in [0.2, 0.25) is 0 Å². The first-order chi connectivity index (χ1) is 10.5. The second-order valence-electron chi connectivity index (χ2n) is 4.65. The first-order valence-electron chi connectivity index (χ1n) is 6.41. The van der Waals surface area contributed by atoms with E-state index in [1.165, 1.54) is 6.20 Å². The molecule has 0 atom stereocenters. The summed E-state index contributed by atoms with van der Waals surface area (Å²) in [5, 5.41) is 4.69. The highest BCUT2D eigenvalue weighted by Gasteiger charge is 2.18. The van der Waals surface area contributed by atoms with Crippen LogP contribution in [-0.4, -0.2) is 27.1 Å². The Labute approximate surface area is 136 Å². The van der Waals surface area contributed by atoms with Crippen LogP contribution in [0.1, 0.15) is 16.1 Å². The van der Waals surface area contributed by atoms with Crippen molar-refractivity contribution < 1.29 is 9.53 Å². The quantitative estimate of drug-likeness (QED) is 0.683. The van der Waals surface area contributed by atoms with Crippen LogP contribution in [0.25, 0.3) is 16.7 Å². The Bertz CT molecular complexity index is 873. The summed E-state index contributed by atoms with van der Waals surface area (Å²) < 4.78 is 6.81. The van der Waals surface area contributed by atoms with E-state index >= 15 is 0 Å². The van der Waals surface area contributed by atoms with Crippen LogP contribution >= 0.6 is 23.2 Å². The number of pyridine rings is 1. The standard InChI is InChI=1S/C15H11Cl2N3O2/c1-8-12-13(16)11(14(17)21)7-18-15(12)20(19-8)9-3-5-10(22-2)6-4-9/h3-7H,1-2H3. The fourth-order valence-electron chi connectivity index (χ4n) is 2.25. The molecule has 5 nitrogen and oxygen atoms in total. The Morgan fingerprint density at radius 3 is 2.55 bits per heavy atom. The number of benzene rings is 1. The second-order valence-corrected chi connectivity index (χ2v) is 5.37. The molecule has 0 aliphatic heterocycles. The zero-order chi connectivity index (χ0) is 15.9. The van der Waals surface area contributed by atoms with Crippen LogP contribution in [0.4, 0.5) is 0 Å². The minimum Gasteiger partial charge on any atom is -0.497 e. The molecule has 0 bridgehead atoms. The van der Waals surface area contributed by atoms with Crippen molar-refractivity contribution in [1.29, 1.82) is 0 Å². The molecule has 2 aromatic heterocycles. The monoisotopic (exact) mass is 335 g/mol. The van der Waals surface area contributed by atoms with Crippen molar-refractivity contribution in [3.05, 3.63) is 46.7 Å². The molecule has 1 aromatic carbocycles. The molecule has 112 valence electrons. The van der Waals surface area contributed by atoms with Gasteiger partial charge < -0.3 is 4.74 Å². The largest absolute Gasteiger partial charge is 0.497 e. The fraction of sp³-hybridized carbons (Fsp3) is 0.133. The summed E-state index contributed by atoms with van der Waals surface area (Å²) in [7, 11) is 1.61. The van der Waals surface area contributed by atoms with Crippen LogP contribution < -0.4 is 4.74 Å². The maximum absolute atomic E-state index is 11.4. The molecule has 2 heterocycles. The van der Waals surface area contributed by atoms with Gasteiger partial charge in [-0.15, -0.1) is 0 Å². The van der Waals surface area contributed by atoms with Crippen LogP contribution in [0.3, 0.4) is 0 Å². The number of carbonyl (C=O) groups is 1. The molecule has 0 fully saturated rings. The van der Waals surface area contributed by atoms with Crippen molar-refractivity contribution in [3.8, 4) is 11.4 Å². The minimum absolute atomic E-state index is 0.174. The lowest BCUT2D eigenvalue weighted by Gasteiger charge is -2.05. The van der Waals surface area contributed by atoms with Crippen molar-refractivity contribution in [3.63, 3.8) is 0 Å². The van der Waals surface area contributed by atoms with Crippen LogP contribution in [0.2, 0.25) is 5.02 Å². The lowest BCUT2D eigenvalue weighted by Crippen LogP contribution is -1.99. The Balaban J connectivity index is 2.23. The highest BCUT2D eigenvalue weighted by atomic mass is 35.5. The van der Waals surface area contributed by atoms with Crippen molar-refractivity contribution >= 4 is 39.5 Å². The molecule has 3 aromatic rings. The lowest BCUT2D eigenvalue weighted by atomic mass is 10.2. The molecule has 0 amide bonds. The number of hydrogen-bond acceptors (Lipinski definition) is 4. The zero-order valence-corrected chi connectivity index (χ0v) is 13.3. The first kappa shape index (κ1) is 14.8. The molecular formula is C15H11Cl2N3O2. The highest BCUT2D eigenvalue weighted by molar-refractivity contribution is 6.69. The van der Waals surface area contributed by atoms with Gasteiger partial charge in [-0.1, -0.05) is 11.6 Å². The first-order valence-corrected chi connectivity index (χ1v) is 7.16. The van der Waals surface area contributed by atoms with Crippen LogP contribution in [0.5, 0.6) is 5.75 Å². The number of halogens is 2. The number of ether oxygens (including phenoxy) is 1. The smallest absolute Gasteiger partial charge is 0.255 e. The van der Waals surface area contributed by atoms with Gasteiger partial charge in [-0.25, -0.2) is 9.67 Å². The molecule has 0 aliphatic carbocycles. The van der Waals surface area contributed by atoms with E-state index in [1.54, 1.807) is 18.7 Å². The summed E-state index contributed by atoms with van der Waals surface area (Å²) in [6.07, 6.45) is 1.36. The Morgan fingerprint density at radius 1 is 1.27 bits per heavy atom. The normalized spacial score (nSPS) is 10.9. The number of fused-ring (bicyclic) bond motifs is 1. The van der Waals surface area contributed by atoms with Gasteiger partial charge in [0, 0.05) is 6.20 Å². The summed E-state index contributed by atoms with van der Waals surface area (Å²) in [6.45, 7) is 1.80. The molecule has 0 N–H and O–H groups in total. The third kappa shape index (κ3) is 2.32. The molecule has 0 aliphatic rings. The van der Waals surface area contributed by atoms with E-state index in [9.17, 15) is 4.79 Å². The predicted octanol–water partition coefficient (Wildman–Crippen LogP) is 3.77. The molecule has 0 radical (unpaired) electrons. The van der Waals surface area contributed by atoms with E-state index in [0.29, 0.717) is 16.7 Å². The van der Waals surface area contributed by atoms with E-state index in [4.69, 9.17) is 27.9 Å². The summed E-state index contributed by atoms with van der Waals surface area (Å²) >= 11 is 11.8. The predicted molar refractivity (Wildman–Crippen MR) is 85.3 cm³/mol. The Morgan fingerprint density at radius 2 is 1.95 bits per heavy atom. The maximum Gasteiger partial charge on any atom is 0.255 e. The molecule has 22 heavy (non-hydrogen) atoms. The number of nitrogens with zero attached hydrogens (tertiary/aromatic N) is 3. The van der Waals surface area contributed by atoms with E-state index in [2.05, 4.69) is 10.1 Å². The van der Waals surface area contributed by atoms with Gasteiger partial charge in [0.25, 0.3) is 5.24 Å². The van der Waals surface area contributed by atoms with Gasteiger partial charge in [0.05, 0.1) is 34.5 Å². The van der Waals surface area contributed by atoms with E-state index in [1.807, 2.05) is 24.3 Å². The van der Waals surface area contributed by atoms with Crippen LogP contribution in [0.15, 0.2) is 30.5 Å². The molecule has 0 unspecified atom stereocenters. The van der Waals surface area contributed by atoms with Gasteiger partial charge in [-0.2, -0.15) is 5.10 Å². The second kappa shape index (κ2) is 5.59. The number of methoxy groups -OCH3 is 1. The summed E-state index contributed by atoms with van der Waals surface area (Å²) in [5.74, 6) is 0.748. The van der Waals surface area contributed by atoms with E-state index < -0.39 is 5.24 Å². The number of hydrogen-bond donors (Lipinski definition) is 0. The van der Waals surface area contributed by atoms with Gasteiger partial charge in [-0.05, 0) is 42.8 Å². The number of aromatic nitrogens is 3. The topological polar surface area (TPSA) is 57.0 Å². The molecule has 0 spiro atoms.